The van der Waals surface area contributed by atoms with Crippen LogP contribution in [0.1, 0.15) is 52.7 Å². The molecule has 0 aromatic heterocycles. The molecule has 3 aliphatic rings. The fourth-order valence-corrected chi connectivity index (χ4v) is 6.00. The van der Waals surface area contributed by atoms with Gasteiger partial charge in [-0.25, -0.2) is 4.79 Å². The van der Waals surface area contributed by atoms with Crippen molar-refractivity contribution < 1.29 is 19.4 Å². The SMILES string of the molecule is COc1ccc([C@@H]2Nc3ccc(C(=O)O)cc3[C@@H]3[C@H]4CC[C@@H](C4)[C@@H]32)cc1OC. The Hall–Kier alpha value is -2.69. The summed E-state index contributed by atoms with van der Waals surface area (Å²) in [5.41, 5.74) is 3.84. The van der Waals surface area contributed by atoms with Gasteiger partial charge in [-0.2, -0.15) is 0 Å². The van der Waals surface area contributed by atoms with Gasteiger partial charge in [0, 0.05) is 5.69 Å². The van der Waals surface area contributed by atoms with Crippen LogP contribution in [0.25, 0.3) is 0 Å². The van der Waals surface area contributed by atoms with E-state index in [1.807, 2.05) is 18.2 Å². The second-order valence-corrected chi connectivity index (χ2v) is 8.28. The van der Waals surface area contributed by atoms with E-state index in [1.54, 1.807) is 20.3 Å². The Balaban J connectivity index is 1.60. The summed E-state index contributed by atoms with van der Waals surface area (Å²) in [7, 11) is 3.32. The van der Waals surface area contributed by atoms with Crippen LogP contribution in [0.4, 0.5) is 5.69 Å². The molecule has 1 heterocycles. The molecule has 5 nitrogen and oxygen atoms in total. The van der Waals surface area contributed by atoms with E-state index in [-0.39, 0.29) is 6.04 Å². The number of carboxylic acids is 1. The second-order valence-electron chi connectivity index (χ2n) is 8.28. The highest BCUT2D eigenvalue weighted by Crippen LogP contribution is 2.63. The molecule has 2 fully saturated rings. The number of fused-ring (bicyclic) bond motifs is 7. The van der Waals surface area contributed by atoms with E-state index in [2.05, 4.69) is 17.4 Å². The van der Waals surface area contributed by atoms with Gasteiger partial charge in [0.2, 0.25) is 0 Å². The van der Waals surface area contributed by atoms with E-state index >= 15 is 0 Å². The van der Waals surface area contributed by atoms with E-state index in [4.69, 9.17) is 9.47 Å². The Morgan fingerprint density at radius 3 is 2.57 bits per heavy atom. The highest BCUT2D eigenvalue weighted by atomic mass is 16.5. The summed E-state index contributed by atoms with van der Waals surface area (Å²) in [5, 5.41) is 13.2. The molecule has 0 spiro atoms. The van der Waals surface area contributed by atoms with Gasteiger partial charge in [0.15, 0.2) is 11.5 Å². The number of hydrogen-bond donors (Lipinski definition) is 2. The molecule has 2 aromatic carbocycles. The molecule has 0 saturated heterocycles. The van der Waals surface area contributed by atoms with Gasteiger partial charge in [0.1, 0.15) is 0 Å². The Labute approximate surface area is 164 Å². The molecule has 0 amide bonds. The number of ether oxygens (including phenoxy) is 2. The molecule has 146 valence electrons. The van der Waals surface area contributed by atoms with E-state index in [0.29, 0.717) is 29.2 Å². The first-order valence-electron chi connectivity index (χ1n) is 9.96. The number of aromatic carboxylic acids is 1. The molecular formula is C23H25NO4. The molecular weight excluding hydrogens is 354 g/mol. The summed E-state index contributed by atoms with van der Waals surface area (Å²) >= 11 is 0. The van der Waals surface area contributed by atoms with Gasteiger partial charge in [-0.05, 0) is 84.4 Å². The van der Waals surface area contributed by atoms with Crippen molar-refractivity contribution in [1.82, 2.24) is 0 Å². The number of hydrogen-bond acceptors (Lipinski definition) is 4. The maximum absolute atomic E-state index is 11.5. The minimum atomic E-state index is -0.857. The predicted molar refractivity (Wildman–Crippen MR) is 106 cm³/mol. The molecule has 2 aliphatic carbocycles. The first-order valence-corrected chi connectivity index (χ1v) is 9.96. The second kappa shape index (κ2) is 6.43. The summed E-state index contributed by atoms with van der Waals surface area (Å²) in [6.45, 7) is 0. The first-order chi connectivity index (χ1) is 13.6. The average Bonchev–Trinajstić information content (AvgIpc) is 3.34. The third-order valence-corrected chi connectivity index (χ3v) is 7.10. The smallest absolute Gasteiger partial charge is 0.335 e. The summed E-state index contributed by atoms with van der Waals surface area (Å²) in [6.07, 6.45) is 3.77. The normalized spacial score (nSPS) is 29.6. The van der Waals surface area contributed by atoms with E-state index in [0.717, 1.165) is 17.2 Å². The molecule has 1 aliphatic heterocycles. The van der Waals surface area contributed by atoms with Crippen LogP contribution >= 0.6 is 0 Å². The van der Waals surface area contributed by atoms with Gasteiger partial charge in [0.25, 0.3) is 0 Å². The minimum Gasteiger partial charge on any atom is -0.493 e. The van der Waals surface area contributed by atoms with Gasteiger partial charge in [-0.3, -0.25) is 0 Å². The molecule has 2 bridgehead atoms. The number of carbonyl (C=O) groups is 1. The van der Waals surface area contributed by atoms with Crippen LogP contribution in [-0.2, 0) is 0 Å². The number of carboxylic acid groups (broad SMARTS) is 1. The Kier molecular flexibility index (Phi) is 4.00. The monoisotopic (exact) mass is 379 g/mol. The third-order valence-electron chi connectivity index (χ3n) is 7.10. The van der Waals surface area contributed by atoms with Crippen molar-refractivity contribution in [2.75, 3.05) is 19.5 Å². The van der Waals surface area contributed by atoms with Crippen LogP contribution in [0.5, 0.6) is 11.5 Å². The van der Waals surface area contributed by atoms with Crippen molar-refractivity contribution in [3.8, 4) is 11.5 Å². The zero-order chi connectivity index (χ0) is 19.4. The van der Waals surface area contributed by atoms with Crippen LogP contribution in [0.2, 0.25) is 0 Å². The van der Waals surface area contributed by atoms with Crippen molar-refractivity contribution >= 4 is 11.7 Å². The van der Waals surface area contributed by atoms with Crippen LogP contribution in [0.15, 0.2) is 36.4 Å². The van der Waals surface area contributed by atoms with Crippen molar-refractivity contribution in [3.63, 3.8) is 0 Å². The van der Waals surface area contributed by atoms with Crippen molar-refractivity contribution in [2.45, 2.75) is 31.2 Å². The quantitative estimate of drug-likeness (QED) is 0.806. The summed E-state index contributed by atoms with van der Waals surface area (Å²) in [5.74, 6) is 2.86. The topological polar surface area (TPSA) is 67.8 Å². The molecule has 28 heavy (non-hydrogen) atoms. The van der Waals surface area contributed by atoms with Gasteiger partial charge in [-0.15, -0.1) is 0 Å². The summed E-state index contributed by atoms with van der Waals surface area (Å²) in [6, 6.07) is 11.9. The van der Waals surface area contributed by atoms with Crippen molar-refractivity contribution in [3.05, 3.63) is 53.1 Å². The number of rotatable bonds is 4. The lowest BCUT2D eigenvalue weighted by Gasteiger charge is -2.43. The van der Waals surface area contributed by atoms with Crippen LogP contribution in [0.3, 0.4) is 0 Å². The molecule has 2 saturated carbocycles. The molecule has 0 unspecified atom stereocenters. The van der Waals surface area contributed by atoms with Crippen molar-refractivity contribution in [2.24, 2.45) is 17.8 Å². The Morgan fingerprint density at radius 2 is 1.82 bits per heavy atom. The number of nitrogens with one attached hydrogen (secondary N) is 1. The Morgan fingerprint density at radius 1 is 1.04 bits per heavy atom. The summed E-state index contributed by atoms with van der Waals surface area (Å²) < 4.78 is 10.9. The molecule has 2 N–H and O–H groups in total. The summed E-state index contributed by atoms with van der Waals surface area (Å²) in [4.78, 5) is 11.5. The Bertz CT molecular complexity index is 940. The van der Waals surface area contributed by atoms with Crippen LogP contribution in [0, 0.1) is 17.8 Å². The van der Waals surface area contributed by atoms with E-state index < -0.39 is 5.97 Å². The predicted octanol–water partition coefficient (Wildman–Crippen LogP) is 4.70. The standard InChI is InChI=1S/C23H25NO4/c1-27-18-8-6-14(11-19(18)28-2)22-21-13-4-3-12(9-13)20(21)16-10-15(23(25)26)5-7-17(16)24-22/h5-8,10-13,20-22,24H,3-4,9H2,1-2H3,(H,25,26)/t12-,13-,20-,21-,22-/m0/s1. The fraction of sp³-hybridized carbons (Fsp3) is 0.435. The van der Waals surface area contributed by atoms with E-state index in [1.165, 1.54) is 30.4 Å². The molecule has 0 radical (unpaired) electrons. The number of anilines is 1. The zero-order valence-corrected chi connectivity index (χ0v) is 16.1. The van der Waals surface area contributed by atoms with Crippen LogP contribution in [-0.4, -0.2) is 25.3 Å². The lowest BCUT2D eigenvalue weighted by atomic mass is 9.68. The lowest BCUT2D eigenvalue weighted by Crippen LogP contribution is -2.35. The zero-order valence-electron chi connectivity index (χ0n) is 16.1. The van der Waals surface area contributed by atoms with Crippen molar-refractivity contribution in [1.29, 1.82) is 0 Å². The number of methoxy groups -OCH3 is 2. The molecule has 2 aromatic rings. The third kappa shape index (κ3) is 2.49. The van der Waals surface area contributed by atoms with Crippen LogP contribution < -0.4 is 14.8 Å². The van der Waals surface area contributed by atoms with Gasteiger partial charge >= 0.3 is 5.97 Å². The molecule has 5 rings (SSSR count). The largest absolute Gasteiger partial charge is 0.493 e. The van der Waals surface area contributed by atoms with Gasteiger partial charge in [0.05, 0.1) is 25.8 Å². The van der Waals surface area contributed by atoms with E-state index in [9.17, 15) is 9.90 Å². The number of benzene rings is 2. The molecule has 5 heteroatoms. The van der Waals surface area contributed by atoms with Gasteiger partial charge < -0.3 is 19.9 Å². The lowest BCUT2D eigenvalue weighted by molar-refractivity contribution is 0.0696. The fourth-order valence-electron chi connectivity index (χ4n) is 6.00. The first kappa shape index (κ1) is 17.4. The highest BCUT2D eigenvalue weighted by molar-refractivity contribution is 5.88. The maximum Gasteiger partial charge on any atom is 0.335 e. The van der Waals surface area contributed by atoms with Gasteiger partial charge in [-0.1, -0.05) is 6.07 Å². The minimum absolute atomic E-state index is 0.197. The maximum atomic E-state index is 11.5. The highest BCUT2D eigenvalue weighted by Gasteiger charge is 2.53. The average molecular weight is 379 g/mol. The molecule has 5 atom stereocenters.